The maximum Gasteiger partial charge on any atom is 0.337 e. The molecule has 1 aromatic rings. The summed E-state index contributed by atoms with van der Waals surface area (Å²) in [4.78, 5) is 13.7. The Labute approximate surface area is 108 Å². The zero-order valence-corrected chi connectivity index (χ0v) is 11.3. The average molecular weight is 247 g/mol. The zero-order chi connectivity index (χ0) is 13.3. The maximum absolute atomic E-state index is 11.4. The number of rotatable bonds is 2. The lowest BCUT2D eigenvalue weighted by Gasteiger charge is -2.41. The van der Waals surface area contributed by atoms with E-state index in [9.17, 15) is 9.90 Å². The Balaban J connectivity index is 2.45. The molecule has 0 aromatic heterocycles. The first-order valence-electron chi connectivity index (χ1n) is 6.63. The molecule has 1 aliphatic rings. The van der Waals surface area contributed by atoms with Crippen LogP contribution in [0.2, 0.25) is 0 Å². The number of carbonyl (C=O) groups is 1. The molecule has 3 nitrogen and oxygen atoms in total. The molecule has 2 unspecified atom stereocenters. The van der Waals surface area contributed by atoms with Gasteiger partial charge in [-0.2, -0.15) is 0 Å². The van der Waals surface area contributed by atoms with Gasteiger partial charge in [0.1, 0.15) is 0 Å². The monoisotopic (exact) mass is 247 g/mol. The summed E-state index contributed by atoms with van der Waals surface area (Å²) in [5.74, 6) is -0.835. The zero-order valence-electron chi connectivity index (χ0n) is 11.3. The van der Waals surface area contributed by atoms with Crippen molar-refractivity contribution in [3.63, 3.8) is 0 Å². The lowest BCUT2D eigenvalue weighted by atomic mass is 9.95. The van der Waals surface area contributed by atoms with Gasteiger partial charge in [0.05, 0.1) is 11.3 Å². The van der Waals surface area contributed by atoms with Crippen molar-refractivity contribution in [3.05, 3.63) is 29.3 Å². The minimum absolute atomic E-state index is 0.412. The Kier molecular flexibility index (Phi) is 3.60. The van der Waals surface area contributed by atoms with Crippen LogP contribution in [0.1, 0.15) is 49.0 Å². The van der Waals surface area contributed by atoms with Crippen LogP contribution >= 0.6 is 0 Å². The van der Waals surface area contributed by atoms with Gasteiger partial charge in [-0.3, -0.25) is 0 Å². The molecule has 0 aliphatic carbocycles. The topological polar surface area (TPSA) is 40.5 Å². The number of benzene rings is 1. The van der Waals surface area contributed by atoms with Gasteiger partial charge in [-0.25, -0.2) is 4.79 Å². The number of piperidine rings is 1. The summed E-state index contributed by atoms with van der Waals surface area (Å²) >= 11 is 0. The molecule has 0 amide bonds. The molecule has 1 heterocycles. The second kappa shape index (κ2) is 5.01. The van der Waals surface area contributed by atoms with Crippen LogP contribution in [0.3, 0.4) is 0 Å². The highest BCUT2D eigenvalue weighted by atomic mass is 16.4. The van der Waals surface area contributed by atoms with Crippen molar-refractivity contribution in [3.8, 4) is 0 Å². The van der Waals surface area contributed by atoms with Crippen LogP contribution in [0.5, 0.6) is 0 Å². The van der Waals surface area contributed by atoms with Crippen molar-refractivity contribution < 1.29 is 9.90 Å². The molecule has 2 atom stereocenters. The van der Waals surface area contributed by atoms with Crippen molar-refractivity contribution in [2.24, 2.45) is 0 Å². The molecule has 2 rings (SSSR count). The molecule has 1 aliphatic heterocycles. The van der Waals surface area contributed by atoms with Crippen LogP contribution in [0, 0.1) is 6.92 Å². The molecule has 3 heteroatoms. The van der Waals surface area contributed by atoms with Gasteiger partial charge in [0.2, 0.25) is 0 Å². The summed E-state index contributed by atoms with van der Waals surface area (Å²) in [5.41, 5.74) is 2.29. The van der Waals surface area contributed by atoms with E-state index in [1.165, 1.54) is 6.42 Å². The number of aryl methyl sites for hydroxylation is 1. The Morgan fingerprint density at radius 3 is 2.44 bits per heavy atom. The number of anilines is 1. The largest absolute Gasteiger partial charge is 0.478 e. The number of hydrogen-bond acceptors (Lipinski definition) is 2. The minimum Gasteiger partial charge on any atom is -0.478 e. The fourth-order valence-corrected chi connectivity index (χ4v) is 2.94. The number of carboxylic acid groups (broad SMARTS) is 1. The Bertz CT molecular complexity index is 446. The van der Waals surface area contributed by atoms with Crippen LogP contribution in [0.25, 0.3) is 0 Å². The van der Waals surface area contributed by atoms with E-state index in [-0.39, 0.29) is 0 Å². The Morgan fingerprint density at radius 1 is 1.28 bits per heavy atom. The first-order chi connectivity index (χ1) is 8.50. The molecule has 1 saturated heterocycles. The van der Waals surface area contributed by atoms with Crippen LogP contribution in [0.15, 0.2) is 18.2 Å². The highest BCUT2D eigenvalue weighted by Crippen LogP contribution is 2.32. The van der Waals surface area contributed by atoms with Gasteiger partial charge in [-0.15, -0.1) is 0 Å². The quantitative estimate of drug-likeness (QED) is 0.870. The molecule has 0 bridgehead atoms. The lowest BCUT2D eigenvalue weighted by molar-refractivity contribution is 0.0697. The molecule has 98 valence electrons. The molecule has 0 radical (unpaired) electrons. The predicted molar refractivity (Wildman–Crippen MR) is 73.4 cm³/mol. The van der Waals surface area contributed by atoms with Gasteiger partial charge in [-0.05, 0) is 52.2 Å². The summed E-state index contributed by atoms with van der Waals surface area (Å²) in [6, 6.07) is 6.54. The second-order valence-electron chi connectivity index (χ2n) is 5.36. The van der Waals surface area contributed by atoms with E-state index in [4.69, 9.17) is 0 Å². The van der Waals surface area contributed by atoms with Crippen LogP contribution in [-0.4, -0.2) is 23.2 Å². The molecular formula is C15H21NO2. The highest BCUT2D eigenvalue weighted by molar-refractivity contribution is 5.95. The smallest absolute Gasteiger partial charge is 0.337 e. The van der Waals surface area contributed by atoms with E-state index in [0.717, 1.165) is 24.1 Å². The van der Waals surface area contributed by atoms with Gasteiger partial charge in [0, 0.05) is 12.1 Å². The van der Waals surface area contributed by atoms with E-state index in [1.54, 1.807) is 6.07 Å². The third kappa shape index (κ3) is 2.35. The Hall–Kier alpha value is -1.51. The standard InChI is InChI=1S/C15H21NO2/c1-10-7-8-14(13(9-10)15(17)18)16-11(2)5-4-6-12(16)3/h7-9,11-12H,4-6H2,1-3H3,(H,17,18). The highest BCUT2D eigenvalue weighted by Gasteiger charge is 2.27. The molecule has 1 aromatic carbocycles. The van der Waals surface area contributed by atoms with Gasteiger partial charge in [0.25, 0.3) is 0 Å². The summed E-state index contributed by atoms with van der Waals surface area (Å²) < 4.78 is 0. The molecule has 0 saturated carbocycles. The molecular weight excluding hydrogens is 226 g/mol. The lowest BCUT2D eigenvalue weighted by Crippen LogP contribution is -2.44. The SMILES string of the molecule is Cc1ccc(N2C(C)CCCC2C)c(C(=O)O)c1. The second-order valence-corrected chi connectivity index (χ2v) is 5.36. The number of aromatic carboxylic acids is 1. The van der Waals surface area contributed by atoms with E-state index in [2.05, 4.69) is 18.7 Å². The van der Waals surface area contributed by atoms with Crippen molar-refractivity contribution >= 4 is 11.7 Å². The van der Waals surface area contributed by atoms with Crippen LogP contribution in [-0.2, 0) is 0 Å². The third-order valence-corrected chi connectivity index (χ3v) is 3.85. The summed E-state index contributed by atoms with van der Waals surface area (Å²) in [6.45, 7) is 6.29. The van der Waals surface area contributed by atoms with Crippen molar-refractivity contribution in [2.75, 3.05) is 4.90 Å². The van der Waals surface area contributed by atoms with E-state index in [0.29, 0.717) is 17.6 Å². The predicted octanol–water partition coefficient (Wildman–Crippen LogP) is 3.46. The van der Waals surface area contributed by atoms with Crippen molar-refractivity contribution in [2.45, 2.75) is 52.1 Å². The summed E-state index contributed by atoms with van der Waals surface area (Å²) in [7, 11) is 0. The van der Waals surface area contributed by atoms with Crippen LogP contribution in [0.4, 0.5) is 5.69 Å². The fourth-order valence-electron chi connectivity index (χ4n) is 2.94. The average Bonchev–Trinajstić information content (AvgIpc) is 2.30. The third-order valence-electron chi connectivity index (χ3n) is 3.85. The first kappa shape index (κ1) is 12.9. The van der Waals surface area contributed by atoms with Crippen LogP contribution < -0.4 is 4.90 Å². The molecule has 1 N–H and O–H groups in total. The van der Waals surface area contributed by atoms with Gasteiger partial charge < -0.3 is 10.0 Å². The summed E-state index contributed by atoms with van der Waals surface area (Å²) in [5, 5.41) is 9.37. The first-order valence-corrected chi connectivity index (χ1v) is 6.63. The minimum atomic E-state index is -0.835. The van der Waals surface area contributed by atoms with Gasteiger partial charge >= 0.3 is 5.97 Å². The number of hydrogen-bond donors (Lipinski definition) is 1. The fraction of sp³-hybridized carbons (Fsp3) is 0.533. The summed E-state index contributed by atoms with van der Waals surface area (Å²) in [6.07, 6.45) is 3.50. The molecule has 18 heavy (non-hydrogen) atoms. The Morgan fingerprint density at radius 2 is 1.89 bits per heavy atom. The molecule has 1 fully saturated rings. The maximum atomic E-state index is 11.4. The van der Waals surface area contributed by atoms with Gasteiger partial charge in [-0.1, -0.05) is 11.6 Å². The van der Waals surface area contributed by atoms with E-state index >= 15 is 0 Å². The van der Waals surface area contributed by atoms with E-state index < -0.39 is 5.97 Å². The molecule has 0 spiro atoms. The van der Waals surface area contributed by atoms with Crippen molar-refractivity contribution in [1.29, 1.82) is 0 Å². The normalized spacial score (nSPS) is 24.1. The number of carboxylic acids is 1. The van der Waals surface area contributed by atoms with Crippen molar-refractivity contribution in [1.82, 2.24) is 0 Å². The number of nitrogens with zero attached hydrogens (tertiary/aromatic N) is 1. The van der Waals surface area contributed by atoms with E-state index in [1.807, 2.05) is 19.1 Å². The van der Waals surface area contributed by atoms with Gasteiger partial charge in [0.15, 0.2) is 0 Å².